The monoisotopic (exact) mass is 289 g/mol. The van der Waals surface area contributed by atoms with Crippen LogP contribution in [0.1, 0.15) is 15.9 Å². The predicted octanol–water partition coefficient (Wildman–Crippen LogP) is 2.31. The van der Waals surface area contributed by atoms with Gasteiger partial charge in [-0.1, -0.05) is 0 Å². The van der Waals surface area contributed by atoms with Crippen molar-refractivity contribution in [2.24, 2.45) is 0 Å². The van der Waals surface area contributed by atoms with E-state index in [1.165, 1.54) is 12.1 Å². The van der Waals surface area contributed by atoms with Crippen molar-refractivity contribution >= 4 is 28.9 Å². The molecular weight excluding hydrogens is 284 g/mol. The van der Waals surface area contributed by atoms with Crippen LogP contribution in [0.4, 0.5) is 4.39 Å². The number of benzene rings is 1. The van der Waals surface area contributed by atoms with Gasteiger partial charge in [-0.15, -0.1) is 0 Å². The molecule has 0 bridgehead atoms. The summed E-state index contributed by atoms with van der Waals surface area (Å²) in [5.41, 5.74) is 0.822. The molecule has 0 saturated heterocycles. The molecule has 1 aromatic rings. The van der Waals surface area contributed by atoms with Crippen LogP contribution < -0.4 is 0 Å². The summed E-state index contributed by atoms with van der Waals surface area (Å²) in [5, 5.41) is 8.41. The van der Waals surface area contributed by atoms with Crippen molar-refractivity contribution < 1.29 is 9.18 Å². The largest absolute Gasteiger partial charge is 0.298 e. The van der Waals surface area contributed by atoms with E-state index in [0.29, 0.717) is 21.0 Å². The molecule has 0 aromatic heterocycles. The topological polar surface area (TPSA) is 40.9 Å². The van der Waals surface area contributed by atoms with E-state index >= 15 is 0 Å². The minimum Gasteiger partial charge on any atom is -0.298 e. The van der Waals surface area contributed by atoms with Crippen LogP contribution in [0.15, 0.2) is 12.1 Å². The molecule has 0 heterocycles. The Balaban J connectivity index is 3.26. The lowest BCUT2D eigenvalue weighted by Gasteiger charge is -2.01. The first kappa shape index (κ1) is 10.1. The highest BCUT2D eigenvalue weighted by molar-refractivity contribution is 14.1. The Labute approximate surface area is 88.5 Å². The van der Waals surface area contributed by atoms with Crippen molar-refractivity contribution in [2.75, 3.05) is 0 Å². The number of nitrogens with zero attached hydrogens (tertiary/aromatic N) is 1. The van der Waals surface area contributed by atoms with E-state index in [2.05, 4.69) is 0 Å². The zero-order valence-corrected chi connectivity index (χ0v) is 8.71. The molecule has 0 spiro atoms. The number of carbonyl (C=O) groups is 1. The van der Waals surface area contributed by atoms with Gasteiger partial charge in [0.05, 0.1) is 12.5 Å². The van der Waals surface area contributed by atoms with E-state index in [-0.39, 0.29) is 6.42 Å². The third-order valence-electron chi connectivity index (χ3n) is 1.58. The lowest BCUT2D eigenvalue weighted by atomic mass is 10.1. The minimum atomic E-state index is -0.392. The molecule has 0 unspecified atom stereocenters. The Hall–Kier alpha value is -0.960. The normalized spacial score (nSPS) is 9.31. The van der Waals surface area contributed by atoms with Gasteiger partial charge in [0.25, 0.3) is 0 Å². The number of hydrogen-bond donors (Lipinski definition) is 0. The predicted molar refractivity (Wildman–Crippen MR) is 53.8 cm³/mol. The lowest BCUT2D eigenvalue weighted by Crippen LogP contribution is -1.95. The summed E-state index contributed by atoms with van der Waals surface area (Å²) >= 11 is 1.80. The Morgan fingerprint density at radius 3 is 2.85 bits per heavy atom. The summed E-state index contributed by atoms with van der Waals surface area (Å²) in [6, 6.07) is 4.55. The van der Waals surface area contributed by atoms with Crippen LogP contribution in [0, 0.1) is 20.7 Å². The SMILES string of the molecule is N#CCc1cc(F)c(I)cc1C=O. The standard InChI is InChI=1S/C9H5FINO/c10-8-3-6(1-2-12)7(5-13)4-9(8)11/h3-5H,1H2. The zero-order valence-electron chi connectivity index (χ0n) is 6.55. The highest BCUT2D eigenvalue weighted by Gasteiger charge is 2.06. The fourth-order valence-corrected chi connectivity index (χ4v) is 1.44. The Morgan fingerprint density at radius 2 is 2.31 bits per heavy atom. The third-order valence-corrected chi connectivity index (χ3v) is 2.41. The number of rotatable bonds is 2. The number of hydrogen-bond acceptors (Lipinski definition) is 2. The van der Waals surface area contributed by atoms with Gasteiger partial charge in [-0.05, 0) is 40.3 Å². The van der Waals surface area contributed by atoms with Crippen molar-refractivity contribution in [3.8, 4) is 6.07 Å². The van der Waals surface area contributed by atoms with Gasteiger partial charge in [-0.3, -0.25) is 4.79 Å². The number of aldehydes is 1. The molecule has 4 heteroatoms. The molecule has 0 aliphatic carbocycles. The van der Waals surface area contributed by atoms with Crippen molar-refractivity contribution in [1.29, 1.82) is 5.26 Å². The van der Waals surface area contributed by atoms with Crippen LogP contribution in [0.3, 0.4) is 0 Å². The molecular formula is C9H5FINO. The molecule has 13 heavy (non-hydrogen) atoms. The van der Waals surface area contributed by atoms with Crippen molar-refractivity contribution in [1.82, 2.24) is 0 Å². The van der Waals surface area contributed by atoms with Gasteiger partial charge in [0.2, 0.25) is 0 Å². The van der Waals surface area contributed by atoms with Gasteiger partial charge >= 0.3 is 0 Å². The average Bonchev–Trinajstić information content (AvgIpc) is 2.11. The first-order valence-corrected chi connectivity index (χ1v) is 4.57. The summed E-state index contributed by atoms with van der Waals surface area (Å²) in [6.07, 6.45) is 0.691. The number of halogens is 2. The van der Waals surface area contributed by atoms with Crippen LogP contribution in [0.2, 0.25) is 0 Å². The van der Waals surface area contributed by atoms with E-state index in [1.807, 2.05) is 6.07 Å². The van der Waals surface area contributed by atoms with Gasteiger partial charge in [-0.2, -0.15) is 5.26 Å². The summed E-state index contributed by atoms with van der Waals surface area (Å²) in [5.74, 6) is -0.392. The van der Waals surface area contributed by atoms with Crippen LogP contribution in [-0.2, 0) is 6.42 Å². The molecule has 0 aliphatic heterocycles. The maximum Gasteiger partial charge on any atom is 0.150 e. The molecule has 0 atom stereocenters. The highest BCUT2D eigenvalue weighted by Crippen LogP contribution is 2.16. The molecule has 1 rings (SSSR count). The molecule has 0 amide bonds. The van der Waals surface area contributed by atoms with E-state index in [4.69, 9.17) is 5.26 Å². The summed E-state index contributed by atoms with van der Waals surface area (Å²) in [6.45, 7) is 0. The Kier molecular flexibility index (Phi) is 3.37. The van der Waals surface area contributed by atoms with E-state index < -0.39 is 5.82 Å². The molecule has 0 aliphatic rings. The smallest absolute Gasteiger partial charge is 0.150 e. The van der Waals surface area contributed by atoms with Crippen molar-refractivity contribution in [3.05, 3.63) is 32.6 Å². The quantitative estimate of drug-likeness (QED) is 0.619. The first-order valence-electron chi connectivity index (χ1n) is 3.49. The minimum absolute atomic E-state index is 0.0575. The second kappa shape index (κ2) is 4.33. The third kappa shape index (κ3) is 2.25. The maximum atomic E-state index is 13.0. The zero-order chi connectivity index (χ0) is 9.84. The van der Waals surface area contributed by atoms with Crippen LogP contribution in [-0.4, -0.2) is 6.29 Å². The second-order valence-corrected chi connectivity index (χ2v) is 3.58. The van der Waals surface area contributed by atoms with E-state index in [0.717, 1.165) is 0 Å². The fraction of sp³-hybridized carbons (Fsp3) is 0.111. The van der Waals surface area contributed by atoms with Crippen molar-refractivity contribution in [2.45, 2.75) is 6.42 Å². The molecule has 0 saturated carbocycles. The van der Waals surface area contributed by atoms with Crippen LogP contribution >= 0.6 is 22.6 Å². The molecule has 0 fully saturated rings. The Morgan fingerprint density at radius 1 is 1.62 bits per heavy atom. The first-order chi connectivity index (χ1) is 6.19. The number of carbonyl (C=O) groups excluding carboxylic acids is 1. The van der Waals surface area contributed by atoms with Crippen LogP contribution in [0.5, 0.6) is 0 Å². The van der Waals surface area contributed by atoms with Crippen LogP contribution in [0.25, 0.3) is 0 Å². The molecule has 66 valence electrons. The fourth-order valence-electron chi connectivity index (χ4n) is 0.951. The molecule has 0 N–H and O–H groups in total. The highest BCUT2D eigenvalue weighted by atomic mass is 127. The summed E-state index contributed by atoms with van der Waals surface area (Å²) < 4.78 is 13.4. The van der Waals surface area contributed by atoms with E-state index in [1.54, 1.807) is 22.6 Å². The van der Waals surface area contributed by atoms with Crippen molar-refractivity contribution in [3.63, 3.8) is 0 Å². The van der Waals surface area contributed by atoms with E-state index in [9.17, 15) is 9.18 Å². The maximum absolute atomic E-state index is 13.0. The Bertz CT molecular complexity index is 384. The summed E-state index contributed by atoms with van der Waals surface area (Å²) in [4.78, 5) is 10.5. The number of nitriles is 1. The summed E-state index contributed by atoms with van der Waals surface area (Å²) in [7, 11) is 0. The van der Waals surface area contributed by atoms with Gasteiger partial charge in [0.15, 0.2) is 0 Å². The molecule has 0 radical (unpaired) electrons. The van der Waals surface area contributed by atoms with Gasteiger partial charge in [0, 0.05) is 9.13 Å². The molecule has 2 nitrogen and oxygen atoms in total. The van der Waals surface area contributed by atoms with Gasteiger partial charge in [0.1, 0.15) is 12.1 Å². The molecule has 1 aromatic carbocycles. The lowest BCUT2D eigenvalue weighted by molar-refractivity contribution is 0.112. The second-order valence-electron chi connectivity index (χ2n) is 2.42. The average molecular weight is 289 g/mol. The van der Waals surface area contributed by atoms with Gasteiger partial charge < -0.3 is 0 Å². The van der Waals surface area contributed by atoms with Gasteiger partial charge in [-0.25, -0.2) is 4.39 Å².